The topological polar surface area (TPSA) is 244 Å². The third-order valence-corrected chi connectivity index (χ3v) is 16.3. The maximum Gasteiger partial charge on any atom is 0.267 e. The maximum absolute atomic E-state index is 14.0. The SMILES string of the molecule is Cc1nc(Nc2ncc(C(=O)Nc3c(C)cccc3Cl)s2)cc(N2CCN(C(=O)CCCCNC(=O)CCCCCCCCC(=O)N[C@H](C(=O)N3C[C@H](O)C[C@H]3C(=O)NCc3ccc(-c4scnc4C)cc3)C(C)(C)C)CC2)n1. The number of thiazole rings is 2. The van der Waals surface area contributed by atoms with Crippen LogP contribution in [0, 0.1) is 26.2 Å². The van der Waals surface area contributed by atoms with Crippen LogP contribution in [0.4, 0.5) is 22.5 Å². The van der Waals surface area contributed by atoms with Crippen molar-refractivity contribution < 1.29 is 33.9 Å². The molecule has 5 aromatic rings. The lowest BCUT2D eigenvalue weighted by molar-refractivity contribution is -0.144. The lowest BCUT2D eigenvalue weighted by Crippen LogP contribution is -2.57. The number of carbonyl (C=O) groups is 6. The molecule has 0 radical (unpaired) electrons. The number of nitrogens with zero attached hydrogens (tertiary/aromatic N) is 7. The second-order valence-electron chi connectivity index (χ2n) is 21.4. The van der Waals surface area contributed by atoms with Gasteiger partial charge in [0.2, 0.25) is 29.5 Å². The van der Waals surface area contributed by atoms with Crippen molar-refractivity contribution in [2.75, 3.05) is 54.8 Å². The third-order valence-electron chi connectivity index (χ3n) is 14.1. The first-order valence-corrected chi connectivity index (χ1v) is 29.4. The monoisotopic (exact) mass is 1140 g/mol. The molecule has 0 bridgehead atoms. The number of amides is 6. The van der Waals surface area contributed by atoms with Crippen LogP contribution in [0.1, 0.15) is 130 Å². The number of benzene rings is 2. The van der Waals surface area contributed by atoms with E-state index in [4.69, 9.17) is 11.6 Å². The Hall–Kier alpha value is -6.55. The van der Waals surface area contributed by atoms with Gasteiger partial charge in [-0.1, -0.05) is 106 Å². The summed E-state index contributed by atoms with van der Waals surface area (Å²) < 4.78 is 0. The van der Waals surface area contributed by atoms with Crippen molar-refractivity contribution in [3.63, 3.8) is 0 Å². The molecular formula is C57H75ClN12O7S2. The van der Waals surface area contributed by atoms with E-state index in [0.29, 0.717) is 97.2 Å². The highest BCUT2D eigenvalue weighted by Crippen LogP contribution is 2.31. The van der Waals surface area contributed by atoms with Gasteiger partial charge in [0.05, 0.1) is 39.1 Å². The van der Waals surface area contributed by atoms with Crippen LogP contribution in [0.25, 0.3) is 10.4 Å². The zero-order chi connectivity index (χ0) is 56.6. The molecule has 3 aromatic heterocycles. The van der Waals surface area contributed by atoms with Gasteiger partial charge in [0, 0.05) is 77.6 Å². The van der Waals surface area contributed by atoms with E-state index in [1.807, 2.05) is 94.4 Å². The average Bonchev–Trinajstić information content (AvgIpc) is 4.18. The Morgan fingerprint density at radius 1 is 0.823 bits per heavy atom. The lowest BCUT2D eigenvalue weighted by atomic mass is 9.85. The first-order chi connectivity index (χ1) is 37.8. The highest BCUT2D eigenvalue weighted by Gasteiger charge is 2.44. The minimum absolute atomic E-state index is 0.00314. The number of hydrogen-bond donors (Lipinski definition) is 6. The van der Waals surface area contributed by atoms with Crippen LogP contribution in [0.3, 0.4) is 0 Å². The Morgan fingerprint density at radius 2 is 1.52 bits per heavy atom. The number of hydrogen-bond acceptors (Lipinski definition) is 15. The van der Waals surface area contributed by atoms with Gasteiger partial charge in [0.15, 0.2) is 5.13 Å². The summed E-state index contributed by atoms with van der Waals surface area (Å²) in [5.41, 5.74) is 5.51. The number of aromatic nitrogens is 4. The second kappa shape index (κ2) is 28.5. The molecule has 2 aliphatic heterocycles. The number of para-hydroxylation sites is 1. The van der Waals surface area contributed by atoms with Gasteiger partial charge < -0.3 is 46.4 Å². The van der Waals surface area contributed by atoms with Gasteiger partial charge in [-0.05, 0) is 74.6 Å². The summed E-state index contributed by atoms with van der Waals surface area (Å²) in [4.78, 5) is 104. The summed E-state index contributed by atoms with van der Waals surface area (Å²) in [6.07, 6.45) is 8.29. The number of nitrogens with one attached hydrogen (secondary N) is 5. The minimum Gasteiger partial charge on any atom is -0.391 e. The van der Waals surface area contributed by atoms with Crippen molar-refractivity contribution in [2.45, 2.75) is 143 Å². The molecule has 7 rings (SSSR count). The fraction of sp³-hybridized carbons (Fsp3) is 0.509. The van der Waals surface area contributed by atoms with Crippen molar-refractivity contribution in [3.05, 3.63) is 92.8 Å². The predicted molar refractivity (Wildman–Crippen MR) is 311 cm³/mol. The number of piperazine rings is 1. The zero-order valence-corrected chi connectivity index (χ0v) is 48.6. The Labute approximate surface area is 476 Å². The van der Waals surface area contributed by atoms with Crippen molar-refractivity contribution in [2.24, 2.45) is 5.41 Å². The molecule has 5 heterocycles. The number of aliphatic hydroxyl groups excluding tert-OH is 1. The molecule has 0 spiro atoms. The van der Waals surface area contributed by atoms with E-state index in [9.17, 15) is 33.9 Å². The molecule has 19 nitrogen and oxygen atoms in total. The highest BCUT2D eigenvalue weighted by atomic mass is 35.5. The van der Waals surface area contributed by atoms with Crippen molar-refractivity contribution in [3.8, 4) is 10.4 Å². The van der Waals surface area contributed by atoms with E-state index < -0.39 is 23.6 Å². The molecule has 0 saturated carbocycles. The first-order valence-electron chi connectivity index (χ1n) is 27.3. The van der Waals surface area contributed by atoms with E-state index in [0.717, 1.165) is 65.2 Å². The predicted octanol–water partition coefficient (Wildman–Crippen LogP) is 8.50. The van der Waals surface area contributed by atoms with Crippen LogP contribution in [-0.4, -0.2) is 128 Å². The summed E-state index contributed by atoms with van der Waals surface area (Å²) in [6.45, 7) is 14.4. The van der Waals surface area contributed by atoms with Gasteiger partial charge in [-0.3, -0.25) is 28.8 Å². The van der Waals surface area contributed by atoms with E-state index >= 15 is 0 Å². The van der Waals surface area contributed by atoms with E-state index in [1.165, 1.54) is 22.4 Å². The number of aryl methyl sites for hydroxylation is 3. The first kappa shape index (κ1) is 60.1. The standard InChI is InChI=1S/C57H75ClN12O7S2/c1-36-16-15-17-42(58)50(36)67-54(76)44-33-61-56(79-44)65-45-31-46(64-38(3)63-45)68-26-28-69(29-27-68)49(74)20-13-14-25-59-47(72)18-11-9-7-8-10-12-19-48(73)66-52(57(4,5)6)55(77)70-34-41(71)30-43(70)53(75)60-32-39-21-23-40(24-22-39)51-37(2)62-35-78-51/h15-17,21-24,31,33,35,41,43,52,71H,7-14,18-20,25-30,32,34H2,1-6H3,(H,59,72)(H,60,75)(H,66,73)(H,67,76)(H,61,63,64,65)/t41-,43+,52-/m1/s1. The van der Waals surface area contributed by atoms with Crippen LogP contribution in [0.2, 0.25) is 5.02 Å². The molecule has 0 aliphatic carbocycles. The summed E-state index contributed by atoms with van der Waals surface area (Å²) >= 11 is 9.07. The van der Waals surface area contributed by atoms with Crippen LogP contribution >= 0.6 is 34.3 Å². The third kappa shape index (κ3) is 17.5. The van der Waals surface area contributed by atoms with E-state index in [2.05, 4.69) is 51.4 Å². The number of likely N-dealkylation sites (tertiary alicyclic amines) is 1. The van der Waals surface area contributed by atoms with Gasteiger partial charge >= 0.3 is 0 Å². The van der Waals surface area contributed by atoms with Crippen LogP contribution < -0.4 is 31.5 Å². The lowest BCUT2D eigenvalue weighted by Gasteiger charge is -2.35. The highest BCUT2D eigenvalue weighted by molar-refractivity contribution is 7.17. The number of β-amino-alcohol motifs (C(OH)–C–C–N with tert-alkyl or cyclic N) is 1. The molecule has 424 valence electrons. The van der Waals surface area contributed by atoms with Gasteiger partial charge in [0.1, 0.15) is 34.4 Å². The molecule has 6 N–H and O–H groups in total. The molecule has 2 aliphatic rings. The fourth-order valence-corrected chi connectivity index (χ4v) is 11.4. The molecule has 2 aromatic carbocycles. The van der Waals surface area contributed by atoms with Crippen molar-refractivity contribution in [1.29, 1.82) is 0 Å². The van der Waals surface area contributed by atoms with E-state index in [-0.39, 0.29) is 61.4 Å². The summed E-state index contributed by atoms with van der Waals surface area (Å²) in [6, 6.07) is 13.4. The average molecular weight is 1140 g/mol. The van der Waals surface area contributed by atoms with Crippen LogP contribution in [-0.2, 0) is 30.5 Å². The van der Waals surface area contributed by atoms with Crippen LogP contribution in [0.15, 0.2) is 60.2 Å². The molecule has 22 heteroatoms. The molecule has 79 heavy (non-hydrogen) atoms. The van der Waals surface area contributed by atoms with Gasteiger partial charge in [-0.25, -0.2) is 19.9 Å². The smallest absolute Gasteiger partial charge is 0.267 e. The minimum atomic E-state index is -0.880. The number of aliphatic hydroxyl groups is 1. The molecule has 2 fully saturated rings. The Bertz CT molecular complexity index is 2880. The number of anilines is 4. The largest absolute Gasteiger partial charge is 0.391 e. The molecular weight excluding hydrogens is 1060 g/mol. The molecule has 2 saturated heterocycles. The van der Waals surface area contributed by atoms with Crippen molar-refractivity contribution >= 4 is 92.2 Å². The molecule has 6 amide bonds. The maximum atomic E-state index is 14.0. The van der Waals surface area contributed by atoms with Gasteiger partial charge in [-0.15, -0.1) is 11.3 Å². The van der Waals surface area contributed by atoms with E-state index in [1.54, 1.807) is 17.4 Å². The summed E-state index contributed by atoms with van der Waals surface area (Å²) in [5, 5.41) is 26.5. The number of carbonyl (C=O) groups excluding carboxylic acids is 6. The fourth-order valence-electron chi connectivity index (χ4n) is 9.64. The van der Waals surface area contributed by atoms with Crippen LogP contribution in [0.5, 0.6) is 0 Å². The quantitative estimate of drug-likeness (QED) is 0.0301. The second-order valence-corrected chi connectivity index (χ2v) is 23.7. The normalized spacial score (nSPS) is 15.9. The molecule has 3 atom stereocenters. The Kier molecular flexibility index (Phi) is 21.7. The van der Waals surface area contributed by atoms with Gasteiger partial charge in [-0.2, -0.15) is 0 Å². The number of rotatable bonds is 25. The summed E-state index contributed by atoms with van der Waals surface area (Å²) in [7, 11) is 0. The Morgan fingerprint density at radius 3 is 2.20 bits per heavy atom. The zero-order valence-electron chi connectivity index (χ0n) is 46.2. The Balaban J connectivity index is 0.715. The summed E-state index contributed by atoms with van der Waals surface area (Å²) in [5.74, 6) is 0.677. The number of halogens is 1. The van der Waals surface area contributed by atoms with Crippen molar-refractivity contribution in [1.82, 2.24) is 45.7 Å². The molecule has 0 unspecified atom stereocenters. The van der Waals surface area contributed by atoms with Gasteiger partial charge in [0.25, 0.3) is 5.91 Å². The number of unbranched alkanes of at least 4 members (excludes halogenated alkanes) is 6.